The molecule has 7 heteroatoms. The molecule has 108 valence electrons. The third kappa shape index (κ3) is 3.58. The normalized spacial score (nSPS) is 16.5. The van der Waals surface area contributed by atoms with Crippen LogP contribution in [0.1, 0.15) is 31.6 Å². The molecule has 1 aliphatic rings. The molecule has 0 saturated heterocycles. The highest BCUT2D eigenvalue weighted by molar-refractivity contribution is 9.11. The molecule has 1 fully saturated rings. The number of hydrogen-bond acceptors (Lipinski definition) is 4. The first-order valence-electron chi connectivity index (χ1n) is 6.32. The molecule has 4 nitrogen and oxygen atoms in total. The summed E-state index contributed by atoms with van der Waals surface area (Å²) in [6.07, 6.45) is 2.46. The molecule has 1 aromatic rings. The van der Waals surface area contributed by atoms with E-state index in [9.17, 15) is 8.42 Å². The van der Waals surface area contributed by atoms with E-state index in [-0.39, 0.29) is 6.04 Å². The van der Waals surface area contributed by atoms with Gasteiger partial charge in [-0.25, -0.2) is 8.42 Å². The highest BCUT2D eigenvalue weighted by atomic mass is 79.9. The van der Waals surface area contributed by atoms with Crippen molar-refractivity contribution in [2.75, 3.05) is 7.05 Å². The average molecular weight is 367 g/mol. The molecular formula is C12H19BrN2O2S2. The molecule has 2 rings (SSSR count). The maximum atomic E-state index is 12.4. The van der Waals surface area contributed by atoms with Gasteiger partial charge in [-0.3, -0.25) is 0 Å². The summed E-state index contributed by atoms with van der Waals surface area (Å²) in [6.45, 7) is 4.48. The second-order valence-electron chi connectivity index (χ2n) is 5.12. The van der Waals surface area contributed by atoms with Crippen LogP contribution in [-0.4, -0.2) is 31.9 Å². The van der Waals surface area contributed by atoms with Gasteiger partial charge in [0.1, 0.15) is 4.90 Å². The fraction of sp³-hybridized carbons (Fsp3) is 0.667. The van der Waals surface area contributed by atoms with Crippen LogP contribution < -0.4 is 5.32 Å². The summed E-state index contributed by atoms with van der Waals surface area (Å²) in [6, 6.07) is 2.35. The Morgan fingerprint density at radius 3 is 2.68 bits per heavy atom. The zero-order valence-corrected chi connectivity index (χ0v) is 14.5. The predicted molar refractivity (Wildman–Crippen MR) is 82.0 cm³/mol. The smallest absolute Gasteiger partial charge is 0.245 e. The largest absolute Gasteiger partial charge is 0.309 e. The van der Waals surface area contributed by atoms with Gasteiger partial charge in [-0.15, -0.1) is 11.3 Å². The Morgan fingerprint density at radius 2 is 2.16 bits per heavy atom. The molecule has 0 aromatic carbocycles. The van der Waals surface area contributed by atoms with Crippen molar-refractivity contribution in [3.05, 3.63) is 14.7 Å². The number of nitrogens with zero attached hydrogens (tertiary/aromatic N) is 1. The van der Waals surface area contributed by atoms with Gasteiger partial charge in [-0.05, 0) is 48.7 Å². The third-order valence-electron chi connectivity index (χ3n) is 3.23. The average Bonchev–Trinajstić information content (AvgIpc) is 3.08. The van der Waals surface area contributed by atoms with Crippen molar-refractivity contribution in [3.8, 4) is 0 Å². The van der Waals surface area contributed by atoms with Crippen LogP contribution in [0.5, 0.6) is 0 Å². The van der Waals surface area contributed by atoms with Crippen LogP contribution in [0, 0.1) is 0 Å². The van der Waals surface area contributed by atoms with Crippen LogP contribution in [-0.2, 0) is 16.6 Å². The summed E-state index contributed by atoms with van der Waals surface area (Å²) in [4.78, 5) is 1.43. The van der Waals surface area contributed by atoms with Gasteiger partial charge in [0.2, 0.25) is 10.0 Å². The molecule has 0 spiro atoms. The van der Waals surface area contributed by atoms with Gasteiger partial charge in [-0.1, -0.05) is 0 Å². The lowest BCUT2D eigenvalue weighted by Crippen LogP contribution is -2.33. The summed E-state index contributed by atoms with van der Waals surface area (Å²) in [5.74, 6) is 0. The Morgan fingerprint density at radius 1 is 1.53 bits per heavy atom. The topological polar surface area (TPSA) is 49.4 Å². The zero-order valence-electron chi connectivity index (χ0n) is 11.3. The summed E-state index contributed by atoms with van der Waals surface area (Å²) >= 11 is 4.87. The number of hydrogen-bond donors (Lipinski definition) is 1. The predicted octanol–water partition coefficient (Wildman–Crippen LogP) is 2.79. The molecule has 0 bridgehead atoms. The van der Waals surface area contributed by atoms with E-state index in [1.54, 1.807) is 13.1 Å². The van der Waals surface area contributed by atoms with E-state index in [0.717, 1.165) is 11.4 Å². The minimum atomic E-state index is -3.40. The monoisotopic (exact) mass is 366 g/mol. The summed E-state index contributed by atoms with van der Waals surface area (Å²) in [7, 11) is -1.78. The van der Waals surface area contributed by atoms with Crippen molar-refractivity contribution in [2.45, 2.75) is 50.2 Å². The SMILES string of the molecule is CC(C)N(C)S(=O)(=O)c1cc(CNC2CC2)sc1Br. The highest BCUT2D eigenvalue weighted by Gasteiger charge is 2.28. The second-order valence-corrected chi connectivity index (χ2v) is 9.54. The van der Waals surface area contributed by atoms with E-state index in [4.69, 9.17) is 0 Å². The van der Waals surface area contributed by atoms with Crippen LogP contribution in [0.25, 0.3) is 0 Å². The van der Waals surface area contributed by atoms with Crippen LogP contribution in [0.15, 0.2) is 14.7 Å². The standard InChI is InChI=1S/C12H19BrN2O2S2/c1-8(2)15(3)19(16,17)11-6-10(18-12(11)13)7-14-9-4-5-9/h6,8-9,14H,4-5,7H2,1-3H3. The van der Waals surface area contributed by atoms with E-state index >= 15 is 0 Å². The number of thiophene rings is 1. The molecule has 1 heterocycles. The summed E-state index contributed by atoms with van der Waals surface area (Å²) < 4.78 is 27.0. The van der Waals surface area contributed by atoms with Crippen LogP contribution in [0.4, 0.5) is 0 Å². The molecule has 0 aliphatic heterocycles. The van der Waals surface area contributed by atoms with Crippen molar-refractivity contribution in [3.63, 3.8) is 0 Å². The Hall–Kier alpha value is 0.0500. The first kappa shape index (κ1) is 15.4. The fourth-order valence-electron chi connectivity index (χ4n) is 1.63. The third-order valence-corrected chi connectivity index (χ3v) is 7.52. The van der Waals surface area contributed by atoms with Crippen LogP contribution >= 0.6 is 27.3 Å². The van der Waals surface area contributed by atoms with Crippen molar-refractivity contribution < 1.29 is 8.42 Å². The first-order chi connectivity index (χ1) is 8.82. The lowest BCUT2D eigenvalue weighted by Gasteiger charge is -2.20. The quantitative estimate of drug-likeness (QED) is 0.841. The summed E-state index contributed by atoms with van der Waals surface area (Å²) in [5, 5.41) is 3.40. The van der Waals surface area contributed by atoms with Crippen molar-refractivity contribution in [1.82, 2.24) is 9.62 Å². The van der Waals surface area contributed by atoms with Crippen molar-refractivity contribution >= 4 is 37.3 Å². The maximum Gasteiger partial charge on any atom is 0.245 e. The molecule has 19 heavy (non-hydrogen) atoms. The summed E-state index contributed by atoms with van der Waals surface area (Å²) in [5.41, 5.74) is 0. The molecule has 1 saturated carbocycles. The van der Waals surface area contributed by atoms with E-state index in [1.165, 1.54) is 28.5 Å². The Kier molecular flexibility index (Phi) is 4.72. The molecule has 0 radical (unpaired) electrons. The minimum Gasteiger partial charge on any atom is -0.309 e. The van der Waals surface area contributed by atoms with Gasteiger partial charge in [0.25, 0.3) is 0 Å². The van der Waals surface area contributed by atoms with E-state index < -0.39 is 10.0 Å². The van der Waals surface area contributed by atoms with E-state index in [1.807, 2.05) is 13.8 Å². The van der Waals surface area contributed by atoms with E-state index in [2.05, 4.69) is 21.2 Å². The molecule has 1 aliphatic carbocycles. The van der Waals surface area contributed by atoms with Crippen LogP contribution in [0.3, 0.4) is 0 Å². The zero-order chi connectivity index (χ0) is 14.2. The number of rotatable bonds is 6. The first-order valence-corrected chi connectivity index (χ1v) is 9.37. The molecule has 1 N–H and O–H groups in total. The Balaban J connectivity index is 2.18. The van der Waals surface area contributed by atoms with E-state index in [0.29, 0.717) is 14.7 Å². The molecule has 0 amide bonds. The Bertz CT molecular complexity index is 550. The molecule has 0 unspecified atom stereocenters. The Labute approximate surface area is 127 Å². The molecule has 0 atom stereocenters. The maximum absolute atomic E-state index is 12.4. The van der Waals surface area contributed by atoms with Gasteiger partial charge in [0, 0.05) is 30.6 Å². The van der Waals surface area contributed by atoms with Gasteiger partial charge >= 0.3 is 0 Å². The lowest BCUT2D eigenvalue weighted by atomic mass is 10.4. The highest BCUT2D eigenvalue weighted by Crippen LogP contribution is 2.34. The fourth-order valence-corrected chi connectivity index (χ4v) is 5.57. The number of sulfonamides is 1. The minimum absolute atomic E-state index is 0.0511. The number of nitrogens with one attached hydrogen (secondary N) is 1. The van der Waals surface area contributed by atoms with Gasteiger partial charge in [0.05, 0.1) is 3.79 Å². The van der Waals surface area contributed by atoms with Gasteiger partial charge in [0.15, 0.2) is 0 Å². The van der Waals surface area contributed by atoms with Gasteiger partial charge < -0.3 is 5.32 Å². The molecular weight excluding hydrogens is 348 g/mol. The van der Waals surface area contributed by atoms with Crippen molar-refractivity contribution in [1.29, 1.82) is 0 Å². The van der Waals surface area contributed by atoms with Gasteiger partial charge in [-0.2, -0.15) is 4.31 Å². The lowest BCUT2D eigenvalue weighted by molar-refractivity contribution is 0.410. The second kappa shape index (κ2) is 5.81. The molecule has 1 aromatic heterocycles. The van der Waals surface area contributed by atoms with Crippen molar-refractivity contribution in [2.24, 2.45) is 0 Å². The van der Waals surface area contributed by atoms with Crippen LogP contribution in [0.2, 0.25) is 0 Å². The number of halogens is 1.